The van der Waals surface area contributed by atoms with Crippen LogP contribution >= 0.6 is 11.6 Å². The molecule has 0 saturated heterocycles. The van der Waals surface area contributed by atoms with Crippen molar-refractivity contribution in [2.45, 2.75) is 39.7 Å². The molecule has 2 nitrogen and oxygen atoms in total. The lowest BCUT2D eigenvalue weighted by molar-refractivity contribution is 0.0884. The third kappa shape index (κ3) is 5.44. The van der Waals surface area contributed by atoms with Gasteiger partial charge < -0.3 is 0 Å². The van der Waals surface area contributed by atoms with E-state index >= 15 is 0 Å². The van der Waals surface area contributed by atoms with E-state index in [1.165, 1.54) is 0 Å². The molecule has 1 aliphatic rings. The summed E-state index contributed by atoms with van der Waals surface area (Å²) in [6.45, 7) is 8.19. The van der Waals surface area contributed by atoms with Crippen LogP contribution in [0, 0.1) is 23.2 Å². The molecule has 0 fully saturated rings. The SMILES string of the molecule is CC(C)(C)C#CC=CCC(C(=O)c1ccc(Cl)cc1)C1(C)C=CC=N1. The Labute approximate surface area is 155 Å². The van der Waals surface area contributed by atoms with Gasteiger partial charge in [0.05, 0.1) is 11.5 Å². The van der Waals surface area contributed by atoms with Crippen LogP contribution in [-0.2, 0) is 0 Å². The van der Waals surface area contributed by atoms with E-state index in [-0.39, 0.29) is 17.1 Å². The monoisotopic (exact) mass is 353 g/mol. The molecule has 2 atom stereocenters. The number of allylic oxidation sites excluding steroid dienone is 3. The van der Waals surface area contributed by atoms with Crippen LogP contribution in [0.25, 0.3) is 0 Å². The molecule has 25 heavy (non-hydrogen) atoms. The number of carbonyl (C=O) groups excluding carboxylic acids is 1. The second kappa shape index (κ2) is 7.85. The molecular formula is C22H24ClNO. The third-order valence-electron chi connectivity index (χ3n) is 4.04. The van der Waals surface area contributed by atoms with Crippen LogP contribution in [0.1, 0.15) is 44.5 Å². The van der Waals surface area contributed by atoms with Gasteiger partial charge in [-0.3, -0.25) is 9.79 Å². The number of nitrogens with zero attached hydrogens (tertiary/aromatic N) is 1. The molecule has 2 unspecified atom stereocenters. The van der Waals surface area contributed by atoms with Crippen molar-refractivity contribution in [2.75, 3.05) is 0 Å². The van der Waals surface area contributed by atoms with Gasteiger partial charge in [-0.1, -0.05) is 35.6 Å². The molecule has 0 aliphatic carbocycles. The highest BCUT2D eigenvalue weighted by Crippen LogP contribution is 2.32. The molecule has 1 aromatic rings. The van der Waals surface area contributed by atoms with Gasteiger partial charge in [-0.25, -0.2) is 0 Å². The quantitative estimate of drug-likeness (QED) is 0.505. The lowest BCUT2D eigenvalue weighted by Crippen LogP contribution is -2.35. The van der Waals surface area contributed by atoms with Crippen LogP contribution in [0.5, 0.6) is 0 Å². The Bertz CT molecular complexity index is 755. The smallest absolute Gasteiger partial charge is 0.169 e. The largest absolute Gasteiger partial charge is 0.294 e. The Balaban J connectivity index is 2.22. The molecule has 0 amide bonds. The van der Waals surface area contributed by atoms with Crippen LogP contribution in [0.15, 0.2) is 53.6 Å². The molecule has 3 heteroatoms. The molecular weight excluding hydrogens is 330 g/mol. The Morgan fingerprint density at radius 1 is 1.32 bits per heavy atom. The molecule has 0 bridgehead atoms. The molecule has 1 heterocycles. The molecule has 0 aromatic heterocycles. The minimum absolute atomic E-state index is 0.0344. The highest BCUT2D eigenvalue weighted by Gasteiger charge is 2.37. The van der Waals surface area contributed by atoms with Gasteiger partial charge in [-0.15, -0.1) is 0 Å². The van der Waals surface area contributed by atoms with Gasteiger partial charge in [0.1, 0.15) is 0 Å². The second-order valence-corrected chi connectivity index (χ2v) is 7.88. The maximum Gasteiger partial charge on any atom is 0.169 e. The first kappa shape index (κ1) is 19.2. The summed E-state index contributed by atoms with van der Waals surface area (Å²) >= 11 is 5.93. The predicted octanol–water partition coefficient (Wildman–Crippen LogP) is 5.53. The zero-order chi connectivity index (χ0) is 18.5. The minimum atomic E-state index is -0.529. The lowest BCUT2D eigenvalue weighted by Gasteiger charge is -2.28. The van der Waals surface area contributed by atoms with E-state index in [0.717, 1.165) is 0 Å². The number of halogens is 1. The fourth-order valence-electron chi connectivity index (χ4n) is 2.64. The van der Waals surface area contributed by atoms with Crippen molar-refractivity contribution in [3.8, 4) is 11.8 Å². The zero-order valence-electron chi connectivity index (χ0n) is 15.2. The summed E-state index contributed by atoms with van der Waals surface area (Å²) in [5.41, 5.74) is 0.0894. The van der Waals surface area contributed by atoms with Crippen molar-refractivity contribution in [3.05, 3.63) is 59.2 Å². The van der Waals surface area contributed by atoms with Gasteiger partial charge in [0.15, 0.2) is 5.78 Å². The Kier molecular flexibility index (Phi) is 6.03. The number of benzene rings is 1. The minimum Gasteiger partial charge on any atom is -0.294 e. The third-order valence-corrected chi connectivity index (χ3v) is 4.30. The molecule has 1 aliphatic heterocycles. The van der Waals surface area contributed by atoms with Crippen LogP contribution in [0.4, 0.5) is 0 Å². The first-order valence-electron chi connectivity index (χ1n) is 8.42. The van der Waals surface area contributed by atoms with E-state index in [2.05, 4.69) is 37.6 Å². The van der Waals surface area contributed by atoms with Gasteiger partial charge in [0.2, 0.25) is 0 Å². The van der Waals surface area contributed by atoms with Crippen molar-refractivity contribution in [1.29, 1.82) is 0 Å². The van der Waals surface area contributed by atoms with E-state index in [9.17, 15) is 4.79 Å². The molecule has 0 spiro atoms. The number of hydrogen-bond donors (Lipinski definition) is 0. The van der Waals surface area contributed by atoms with Crippen LogP contribution in [0.3, 0.4) is 0 Å². The van der Waals surface area contributed by atoms with Crippen molar-refractivity contribution < 1.29 is 4.79 Å². The summed E-state index contributed by atoms with van der Waals surface area (Å²) in [5.74, 6) is 6.00. The summed E-state index contributed by atoms with van der Waals surface area (Å²) in [6, 6.07) is 7.03. The van der Waals surface area contributed by atoms with Gasteiger partial charge in [-0.05, 0) is 70.5 Å². The van der Waals surface area contributed by atoms with E-state index < -0.39 is 5.54 Å². The standard InChI is InChI=1S/C22H24ClNO/c1-21(2,3)14-7-5-6-9-19(22(4)15-8-16-24-22)20(25)17-10-12-18(23)13-11-17/h5-6,8,10-13,15-16,19H,9H2,1-4H3. The number of hydrogen-bond acceptors (Lipinski definition) is 2. The number of Topliss-reactive ketones (excluding diaryl/α,β-unsaturated/α-hetero) is 1. The highest BCUT2D eigenvalue weighted by atomic mass is 35.5. The second-order valence-electron chi connectivity index (χ2n) is 7.44. The first-order valence-corrected chi connectivity index (χ1v) is 8.80. The van der Waals surface area contributed by atoms with E-state index in [1.807, 2.05) is 31.2 Å². The Morgan fingerprint density at radius 3 is 2.56 bits per heavy atom. The zero-order valence-corrected chi connectivity index (χ0v) is 16.0. The maximum atomic E-state index is 13.1. The average molecular weight is 354 g/mol. The van der Waals surface area contributed by atoms with E-state index in [1.54, 1.807) is 30.5 Å². The van der Waals surface area contributed by atoms with E-state index in [4.69, 9.17) is 11.6 Å². The summed E-state index contributed by atoms with van der Waals surface area (Å²) in [6.07, 6.45) is 10.0. The molecule has 1 aromatic carbocycles. The number of carbonyl (C=O) groups is 1. The Hall–Kier alpha value is -2.11. The van der Waals surface area contributed by atoms with Crippen molar-refractivity contribution in [3.63, 3.8) is 0 Å². The van der Waals surface area contributed by atoms with Gasteiger partial charge >= 0.3 is 0 Å². The Morgan fingerprint density at radius 2 is 2.00 bits per heavy atom. The molecule has 0 saturated carbocycles. The highest BCUT2D eigenvalue weighted by molar-refractivity contribution is 6.30. The van der Waals surface area contributed by atoms with Gasteiger partial charge in [-0.2, -0.15) is 0 Å². The summed E-state index contributed by atoms with van der Waals surface area (Å²) in [4.78, 5) is 17.6. The normalized spacial score (nSPS) is 20.5. The molecule has 0 radical (unpaired) electrons. The maximum absolute atomic E-state index is 13.1. The molecule has 2 rings (SSSR count). The first-order chi connectivity index (χ1) is 11.7. The number of aliphatic imine (C=N–C) groups is 1. The number of ketones is 1. The number of rotatable bonds is 5. The lowest BCUT2D eigenvalue weighted by atomic mass is 9.79. The van der Waals surface area contributed by atoms with Crippen LogP contribution in [-0.4, -0.2) is 17.5 Å². The topological polar surface area (TPSA) is 29.4 Å². The summed E-state index contributed by atoms with van der Waals surface area (Å²) in [5, 5.41) is 0.621. The van der Waals surface area contributed by atoms with E-state index in [0.29, 0.717) is 17.0 Å². The molecule has 0 N–H and O–H groups in total. The summed E-state index contributed by atoms with van der Waals surface area (Å²) in [7, 11) is 0. The van der Waals surface area contributed by atoms with Crippen LogP contribution in [0.2, 0.25) is 5.02 Å². The van der Waals surface area contributed by atoms with Crippen LogP contribution < -0.4 is 0 Å². The molecule has 130 valence electrons. The average Bonchev–Trinajstić information content (AvgIpc) is 2.97. The predicted molar refractivity (Wildman–Crippen MR) is 106 cm³/mol. The van der Waals surface area contributed by atoms with Gasteiger partial charge in [0.25, 0.3) is 0 Å². The van der Waals surface area contributed by atoms with Gasteiger partial charge in [0, 0.05) is 22.2 Å². The van der Waals surface area contributed by atoms with Crippen molar-refractivity contribution in [2.24, 2.45) is 16.3 Å². The summed E-state index contributed by atoms with van der Waals surface area (Å²) < 4.78 is 0. The van der Waals surface area contributed by atoms with Crippen molar-refractivity contribution >= 4 is 23.6 Å². The van der Waals surface area contributed by atoms with Crippen molar-refractivity contribution in [1.82, 2.24) is 0 Å². The fraction of sp³-hybridized carbons (Fsp3) is 0.364. The fourth-order valence-corrected chi connectivity index (χ4v) is 2.76.